The molecule has 1 aliphatic rings. The summed E-state index contributed by atoms with van der Waals surface area (Å²) >= 11 is 0. The predicted octanol–water partition coefficient (Wildman–Crippen LogP) is 2.01. The van der Waals surface area contributed by atoms with Crippen LogP contribution in [0.5, 0.6) is 0 Å². The molecule has 0 saturated carbocycles. The molecule has 0 saturated heterocycles. The molecule has 0 aliphatic carbocycles. The van der Waals surface area contributed by atoms with Crippen molar-refractivity contribution in [2.45, 2.75) is 6.92 Å². The van der Waals surface area contributed by atoms with Crippen molar-refractivity contribution in [1.29, 1.82) is 0 Å². The van der Waals surface area contributed by atoms with Gasteiger partial charge in [0, 0.05) is 27.2 Å². The Bertz CT molecular complexity index is 708. The number of likely N-dealkylation sites (N-methyl/N-ethyl adjacent to an activating group) is 1. The maximum atomic E-state index is 11.6. The number of rotatable bonds is 2. The lowest BCUT2D eigenvalue weighted by Gasteiger charge is -2.36. The minimum atomic E-state index is -0.938. The molecule has 1 aromatic carbocycles. The third-order valence-corrected chi connectivity index (χ3v) is 3.90. The van der Waals surface area contributed by atoms with Gasteiger partial charge in [-0.3, -0.25) is 4.68 Å². The minimum Gasteiger partial charge on any atom is -0.477 e. The second-order valence-corrected chi connectivity index (χ2v) is 5.27. The Labute approximate surface area is 123 Å². The Balaban J connectivity index is 2.19. The number of anilines is 3. The molecule has 0 bridgehead atoms. The van der Waals surface area contributed by atoms with Gasteiger partial charge in [0.05, 0.1) is 17.1 Å². The average molecular weight is 286 g/mol. The van der Waals surface area contributed by atoms with Crippen molar-refractivity contribution in [2.24, 2.45) is 7.05 Å². The summed E-state index contributed by atoms with van der Waals surface area (Å²) < 4.78 is 1.65. The molecule has 1 aliphatic heterocycles. The quantitative estimate of drug-likeness (QED) is 0.915. The van der Waals surface area contributed by atoms with Crippen LogP contribution in [0.3, 0.4) is 0 Å². The fourth-order valence-corrected chi connectivity index (χ4v) is 2.93. The zero-order valence-electron chi connectivity index (χ0n) is 12.4. The van der Waals surface area contributed by atoms with Gasteiger partial charge in [-0.2, -0.15) is 5.10 Å². The van der Waals surface area contributed by atoms with E-state index in [0.717, 1.165) is 24.5 Å². The highest BCUT2D eigenvalue weighted by Crippen LogP contribution is 2.38. The zero-order valence-corrected chi connectivity index (χ0v) is 12.4. The highest BCUT2D eigenvalue weighted by Gasteiger charge is 2.29. The molecule has 0 spiro atoms. The van der Waals surface area contributed by atoms with Gasteiger partial charge in [-0.25, -0.2) is 4.79 Å². The van der Waals surface area contributed by atoms with Crippen molar-refractivity contribution in [3.63, 3.8) is 0 Å². The maximum absolute atomic E-state index is 11.6. The van der Waals surface area contributed by atoms with Crippen LogP contribution in [0.4, 0.5) is 17.2 Å². The number of aromatic nitrogens is 2. The van der Waals surface area contributed by atoms with E-state index >= 15 is 0 Å². The second-order valence-electron chi connectivity index (χ2n) is 5.27. The molecule has 2 heterocycles. The zero-order chi connectivity index (χ0) is 15.1. The van der Waals surface area contributed by atoms with Crippen LogP contribution in [0.25, 0.3) is 0 Å². The van der Waals surface area contributed by atoms with Gasteiger partial charge in [0.1, 0.15) is 11.4 Å². The van der Waals surface area contributed by atoms with Crippen LogP contribution in [0.2, 0.25) is 0 Å². The number of nitrogens with zero attached hydrogens (tertiary/aromatic N) is 4. The van der Waals surface area contributed by atoms with Gasteiger partial charge in [0.2, 0.25) is 0 Å². The lowest BCUT2D eigenvalue weighted by molar-refractivity contribution is 0.0697. The van der Waals surface area contributed by atoms with Gasteiger partial charge < -0.3 is 14.9 Å². The van der Waals surface area contributed by atoms with Gasteiger partial charge in [0.25, 0.3) is 0 Å². The van der Waals surface area contributed by atoms with E-state index in [0.29, 0.717) is 11.5 Å². The molecule has 1 N–H and O–H groups in total. The van der Waals surface area contributed by atoms with Crippen molar-refractivity contribution < 1.29 is 9.90 Å². The molecule has 0 amide bonds. The number of carbonyl (C=O) groups is 1. The first-order valence-electron chi connectivity index (χ1n) is 6.85. The summed E-state index contributed by atoms with van der Waals surface area (Å²) in [6, 6.07) is 8.02. The van der Waals surface area contributed by atoms with Gasteiger partial charge in [-0.1, -0.05) is 12.1 Å². The number of hydrogen-bond donors (Lipinski definition) is 1. The van der Waals surface area contributed by atoms with Crippen molar-refractivity contribution in [3.05, 3.63) is 35.5 Å². The highest BCUT2D eigenvalue weighted by atomic mass is 16.4. The van der Waals surface area contributed by atoms with Crippen molar-refractivity contribution in [2.75, 3.05) is 29.9 Å². The summed E-state index contributed by atoms with van der Waals surface area (Å²) in [5.74, 6) is -0.299. The monoisotopic (exact) mass is 286 g/mol. The fourth-order valence-electron chi connectivity index (χ4n) is 2.93. The number of para-hydroxylation sites is 2. The first-order chi connectivity index (χ1) is 10.0. The van der Waals surface area contributed by atoms with E-state index in [4.69, 9.17) is 0 Å². The van der Waals surface area contributed by atoms with Crippen LogP contribution < -0.4 is 9.80 Å². The molecule has 0 fully saturated rings. The Morgan fingerprint density at radius 1 is 1.19 bits per heavy atom. The Morgan fingerprint density at radius 2 is 1.86 bits per heavy atom. The van der Waals surface area contributed by atoms with Gasteiger partial charge in [-0.05, 0) is 19.1 Å². The summed E-state index contributed by atoms with van der Waals surface area (Å²) in [5.41, 5.74) is 2.92. The normalized spacial score (nSPS) is 14.2. The van der Waals surface area contributed by atoms with E-state index in [2.05, 4.69) is 10.00 Å². The smallest absolute Gasteiger partial charge is 0.341 e. The van der Waals surface area contributed by atoms with E-state index < -0.39 is 5.97 Å². The van der Waals surface area contributed by atoms with Crippen LogP contribution in [0, 0.1) is 6.92 Å². The molecule has 110 valence electrons. The SMILES string of the molecule is Cc1nn(C)c(N2CCN(C)c3ccccc32)c1C(=O)O. The predicted molar refractivity (Wildman–Crippen MR) is 81.6 cm³/mol. The molecule has 0 atom stereocenters. The molecular formula is C15H18N4O2. The first-order valence-corrected chi connectivity index (χ1v) is 6.85. The van der Waals surface area contributed by atoms with E-state index in [9.17, 15) is 9.90 Å². The average Bonchev–Trinajstić information content (AvgIpc) is 2.74. The van der Waals surface area contributed by atoms with Crippen LogP contribution >= 0.6 is 0 Å². The molecule has 1 aromatic heterocycles. The van der Waals surface area contributed by atoms with Crippen molar-refractivity contribution >= 4 is 23.2 Å². The van der Waals surface area contributed by atoms with Crippen molar-refractivity contribution in [1.82, 2.24) is 9.78 Å². The van der Waals surface area contributed by atoms with E-state index in [1.54, 1.807) is 18.7 Å². The third-order valence-electron chi connectivity index (χ3n) is 3.90. The Morgan fingerprint density at radius 3 is 2.52 bits per heavy atom. The van der Waals surface area contributed by atoms with Crippen LogP contribution in [-0.4, -0.2) is 41.0 Å². The number of carboxylic acid groups (broad SMARTS) is 1. The number of carboxylic acids is 1. The summed E-state index contributed by atoms with van der Waals surface area (Å²) in [4.78, 5) is 15.8. The Hall–Kier alpha value is -2.50. The number of fused-ring (bicyclic) bond motifs is 1. The summed E-state index contributed by atoms with van der Waals surface area (Å²) in [5, 5.41) is 13.8. The van der Waals surface area contributed by atoms with E-state index in [1.165, 1.54) is 0 Å². The largest absolute Gasteiger partial charge is 0.477 e. The summed E-state index contributed by atoms with van der Waals surface area (Å²) in [6.45, 7) is 3.29. The molecule has 21 heavy (non-hydrogen) atoms. The highest BCUT2D eigenvalue weighted by molar-refractivity contribution is 5.97. The molecule has 3 rings (SSSR count). The molecule has 0 unspecified atom stereocenters. The number of aromatic carboxylic acids is 1. The topological polar surface area (TPSA) is 61.6 Å². The third kappa shape index (κ3) is 2.03. The fraction of sp³-hybridized carbons (Fsp3) is 0.333. The molecule has 2 aromatic rings. The molecule has 6 nitrogen and oxygen atoms in total. The maximum Gasteiger partial charge on any atom is 0.341 e. The standard InChI is InChI=1S/C15H18N4O2/c1-10-13(15(20)21)14(18(3)16-10)19-9-8-17(2)11-6-4-5-7-12(11)19/h4-7H,8-9H2,1-3H3,(H,20,21). The van der Waals surface area contributed by atoms with Crippen molar-refractivity contribution in [3.8, 4) is 0 Å². The van der Waals surface area contributed by atoms with E-state index in [-0.39, 0.29) is 5.56 Å². The number of aryl methyl sites for hydroxylation is 2. The number of benzene rings is 1. The summed E-state index contributed by atoms with van der Waals surface area (Å²) in [6.07, 6.45) is 0. The van der Waals surface area contributed by atoms with Gasteiger partial charge in [0.15, 0.2) is 0 Å². The Kier molecular flexibility index (Phi) is 3.08. The second kappa shape index (κ2) is 4.80. The molecule has 6 heteroatoms. The molecule has 0 radical (unpaired) electrons. The first kappa shape index (κ1) is 13.5. The lowest BCUT2D eigenvalue weighted by atomic mass is 10.1. The van der Waals surface area contributed by atoms with Crippen LogP contribution in [0.1, 0.15) is 16.1 Å². The van der Waals surface area contributed by atoms with Gasteiger partial charge >= 0.3 is 5.97 Å². The van der Waals surface area contributed by atoms with Crippen LogP contribution in [0.15, 0.2) is 24.3 Å². The summed E-state index contributed by atoms with van der Waals surface area (Å²) in [7, 11) is 3.83. The van der Waals surface area contributed by atoms with Crippen LogP contribution in [-0.2, 0) is 7.05 Å². The molecular weight excluding hydrogens is 268 g/mol. The number of hydrogen-bond acceptors (Lipinski definition) is 4. The van der Waals surface area contributed by atoms with Gasteiger partial charge in [-0.15, -0.1) is 0 Å². The van der Waals surface area contributed by atoms with E-state index in [1.807, 2.05) is 36.2 Å². The minimum absolute atomic E-state index is 0.275. The lowest BCUT2D eigenvalue weighted by Crippen LogP contribution is -2.37.